The summed E-state index contributed by atoms with van der Waals surface area (Å²) in [6, 6.07) is 8.13. The van der Waals surface area contributed by atoms with Gasteiger partial charge in [-0.05, 0) is 35.1 Å². The molecule has 4 heteroatoms. The lowest BCUT2D eigenvalue weighted by Gasteiger charge is -2.11. The first-order valence-corrected chi connectivity index (χ1v) is 5.89. The van der Waals surface area contributed by atoms with Crippen molar-refractivity contribution >= 4 is 26.9 Å². The van der Waals surface area contributed by atoms with Crippen molar-refractivity contribution in [3.63, 3.8) is 0 Å². The lowest BCUT2D eigenvalue weighted by atomic mass is 10.2. The monoisotopic (exact) mass is 283 g/mol. The fourth-order valence-corrected chi connectivity index (χ4v) is 2.16. The molecule has 2 rings (SSSR count). The quantitative estimate of drug-likeness (QED) is 0.936. The van der Waals surface area contributed by atoms with Gasteiger partial charge in [-0.25, -0.2) is 0 Å². The van der Waals surface area contributed by atoms with Crippen molar-refractivity contribution in [3.8, 4) is 0 Å². The van der Waals surface area contributed by atoms with Crippen molar-refractivity contribution in [1.29, 1.82) is 0 Å². The lowest BCUT2D eigenvalue weighted by Crippen LogP contribution is -2.20. The van der Waals surface area contributed by atoms with Gasteiger partial charge in [-0.2, -0.15) is 0 Å². The predicted octanol–water partition coefficient (Wildman–Crippen LogP) is 3.10. The number of hydrogen-bond donors (Lipinski definition) is 1. The third-order valence-corrected chi connectivity index (χ3v) is 3.16. The van der Waals surface area contributed by atoms with E-state index in [4.69, 9.17) is 9.15 Å². The molecule has 0 saturated carbocycles. The van der Waals surface area contributed by atoms with Crippen LogP contribution in [0.2, 0.25) is 0 Å². The minimum Gasteiger partial charge on any atom is -0.458 e. The molecule has 0 aliphatic carbocycles. The number of nitrogens with one attached hydrogen (secondary N) is 1. The van der Waals surface area contributed by atoms with Gasteiger partial charge in [0.1, 0.15) is 11.3 Å². The average molecular weight is 284 g/mol. The summed E-state index contributed by atoms with van der Waals surface area (Å²) in [6.45, 7) is 0.591. The summed E-state index contributed by atoms with van der Waals surface area (Å²) in [4.78, 5) is 0. The van der Waals surface area contributed by atoms with Crippen molar-refractivity contribution < 1.29 is 9.15 Å². The highest BCUT2D eigenvalue weighted by molar-refractivity contribution is 9.10. The first kappa shape index (κ1) is 11.6. The van der Waals surface area contributed by atoms with E-state index in [1.165, 1.54) is 0 Å². The van der Waals surface area contributed by atoms with E-state index in [1.807, 2.05) is 31.3 Å². The largest absolute Gasteiger partial charge is 0.458 e. The smallest absolute Gasteiger partial charge is 0.148 e. The minimum absolute atomic E-state index is 0.0873. The SMILES string of the molecule is CNC(COC)c1cc2cccc(Br)c2o1. The molecule has 0 radical (unpaired) electrons. The number of rotatable bonds is 4. The predicted molar refractivity (Wildman–Crippen MR) is 67.6 cm³/mol. The molecule has 3 nitrogen and oxygen atoms in total. The van der Waals surface area contributed by atoms with Crippen LogP contribution in [0.4, 0.5) is 0 Å². The van der Waals surface area contributed by atoms with Crippen LogP contribution in [0.25, 0.3) is 11.0 Å². The number of para-hydroxylation sites is 1. The number of furan rings is 1. The number of likely N-dealkylation sites (N-methyl/N-ethyl adjacent to an activating group) is 1. The first-order chi connectivity index (χ1) is 7.76. The third kappa shape index (κ3) is 2.14. The Morgan fingerprint density at radius 2 is 2.31 bits per heavy atom. The van der Waals surface area contributed by atoms with E-state index in [1.54, 1.807) is 7.11 Å². The maximum absolute atomic E-state index is 5.82. The summed E-state index contributed by atoms with van der Waals surface area (Å²) in [5.41, 5.74) is 0.883. The second kappa shape index (κ2) is 4.99. The lowest BCUT2D eigenvalue weighted by molar-refractivity contribution is 0.162. The van der Waals surface area contributed by atoms with Crippen molar-refractivity contribution in [2.75, 3.05) is 20.8 Å². The van der Waals surface area contributed by atoms with Gasteiger partial charge in [0.25, 0.3) is 0 Å². The number of ether oxygens (including phenoxy) is 1. The van der Waals surface area contributed by atoms with Gasteiger partial charge in [0.05, 0.1) is 17.1 Å². The summed E-state index contributed by atoms with van der Waals surface area (Å²) >= 11 is 3.47. The Balaban J connectivity index is 2.42. The molecule has 1 atom stereocenters. The van der Waals surface area contributed by atoms with E-state index < -0.39 is 0 Å². The summed E-state index contributed by atoms with van der Waals surface area (Å²) in [5.74, 6) is 0.895. The van der Waals surface area contributed by atoms with Crippen molar-refractivity contribution in [1.82, 2.24) is 5.32 Å². The zero-order valence-electron chi connectivity index (χ0n) is 9.29. The highest BCUT2D eigenvalue weighted by atomic mass is 79.9. The van der Waals surface area contributed by atoms with Gasteiger partial charge in [0.15, 0.2) is 0 Å². The molecule has 0 aliphatic heterocycles. The van der Waals surface area contributed by atoms with Crippen molar-refractivity contribution in [2.45, 2.75) is 6.04 Å². The Hall–Kier alpha value is -0.840. The van der Waals surface area contributed by atoms with Crippen LogP contribution in [-0.4, -0.2) is 20.8 Å². The molecule has 1 heterocycles. The van der Waals surface area contributed by atoms with Gasteiger partial charge in [0, 0.05) is 12.5 Å². The molecule has 0 spiro atoms. The molecule has 1 aromatic carbocycles. The van der Waals surface area contributed by atoms with Crippen LogP contribution in [0.5, 0.6) is 0 Å². The first-order valence-electron chi connectivity index (χ1n) is 5.10. The normalized spacial score (nSPS) is 13.2. The number of fused-ring (bicyclic) bond motifs is 1. The second-order valence-electron chi connectivity index (χ2n) is 3.60. The van der Waals surface area contributed by atoms with Gasteiger partial charge in [-0.1, -0.05) is 12.1 Å². The molecule has 1 unspecified atom stereocenters. The molecule has 0 fully saturated rings. The Morgan fingerprint density at radius 1 is 1.50 bits per heavy atom. The summed E-state index contributed by atoms with van der Waals surface area (Å²) in [5, 5.41) is 4.26. The van der Waals surface area contributed by atoms with E-state index in [2.05, 4.69) is 21.2 Å². The molecule has 86 valence electrons. The molecular weight excluding hydrogens is 270 g/mol. The number of hydrogen-bond acceptors (Lipinski definition) is 3. The van der Waals surface area contributed by atoms with Gasteiger partial charge < -0.3 is 14.5 Å². The molecule has 1 N–H and O–H groups in total. The molecule has 0 amide bonds. The Bertz CT molecular complexity index is 481. The molecule has 0 bridgehead atoms. The summed E-state index contributed by atoms with van der Waals surface area (Å²) in [7, 11) is 3.58. The highest BCUT2D eigenvalue weighted by Crippen LogP contribution is 2.29. The average Bonchev–Trinajstić information content (AvgIpc) is 2.71. The standard InChI is InChI=1S/C12H14BrNO2/c1-14-10(7-15-2)11-6-8-4-3-5-9(13)12(8)16-11/h3-6,10,14H,7H2,1-2H3. The minimum atomic E-state index is 0.0873. The van der Waals surface area contributed by atoms with E-state index in [0.717, 1.165) is 21.2 Å². The van der Waals surface area contributed by atoms with Gasteiger partial charge >= 0.3 is 0 Å². The number of methoxy groups -OCH3 is 1. The van der Waals surface area contributed by atoms with Crippen LogP contribution in [-0.2, 0) is 4.74 Å². The third-order valence-electron chi connectivity index (χ3n) is 2.54. The van der Waals surface area contributed by atoms with Crippen LogP contribution in [0.3, 0.4) is 0 Å². The van der Waals surface area contributed by atoms with E-state index >= 15 is 0 Å². The Labute approximate surface area is 103 Å². The molecule has 0 saturated heterocycles. The fraction of sp³-hybridized carbons (Fsp3) is 0.333. The summed E-state index contributed by atoms with van der Waals surface area (Å²) < 4.78 is 11.9. The highest BCUT2D eigenvalue weighted by Gasteiger charge is 2.15. The fourth-order valence-electron chi connectivity index (χ4n) is 1.69. The topological polar surface area (TPSA) is 34.4 Å². The number of halogens is 1. The van der Waals surface area contributed by atoms with E-state index in [-0.39, 0.29) is 6.04 Å². The van der Waals surface area contributed by atoms with Crippen LogP contribution < -0.4 is 5.32 Å². The zero-order valence-corrected chi connectivity index (χ0v) is 10.9. The molecule has 1 aromatic heterocycles. The van der Waals surface area contributed by atoms with Crippen molar-refractivity contribution in [3.05, 3.63) is 34.5 Å². The van der Waals surface area contributed by atoms with E-state index in [9.17, 15) is 0 Å². The molecule has 16 heavy (non-hydrogen) atoms. The van der Waals surface area contributed by atoms with Crippen LogP contribution in [0.15, 0.2) is 33.2 Å². The molecule has 2 aromatic rings. The number of benzene rings is 1. The van der Waals surface area contributed by atoms with Crippen LogP contribution in [0.1, 0.15) is 11.8 Å². The Morgan fingerprint density at radius 3 is 2.94 bits per heavy atom. The van der Waals surface area contributed by atoms with Crippen LogP contribution in [0, 0.1) is 0 Å². The van der Waals surface area contributed by atoms with Gasteiger partial charge in [-0.15, -0.1) is 0 Å². The van der Waals surface area contributed by atoms with Gasteiger partial charge in [-0.3, -0.25) is 0 Å². The maximum Gasteiger partial charge on any atom is 0.148 e. The van der Waals surface area contributed by atoms with Gasteiger partial charge in [0.2, 0.25) is 0 Å². The van der Waals surface area contributed by atoms with E-state index in [0.29, 0.717) is 6.61 Å². The maximum atomic E-state index is 5.82. The summed E-state index contributed by atoms with van der Waals surface area (Å²) in [6.07, 6.45) is 0. The Kier molecular flexibility index (Phi) is 3.63. The molecular formula is C12H14BrNO2. The zero-order chi connectivity index (χ0) is 11.5. The second-order valence-corrected chi connectivity index (χ2v) is 4.46. The van der Waals surface area contributed by atoms with Crippen molar-refractivity contribution in [2.24, 2.45) is 0 Å². The van der Waals surface area contributed by atoms with Crippen LogP contribution >= 0.6 is 15.9 Å². The molecule has 0 aliphatic rings.